The number of hydrogen-bond donors (Lipinski definition) is 2. The Morgan fingerprint density at radius 2 is 2.30 bits per heavy atom. The number of morpholine rings is 1. The molecular weight excluding hydrogens is 261 g/mol. The van der Waals surface area contributed by atoms with E-state index in [4.69, 9.17) is 10.5 Å². The average molecular weight is 281 g/mol. The Morgan fingerprint density at radius 3 is 3.00 bits per heavy atom. The summed E-state index contributed by atoms with van der Waals surface area (Å²) in [6.45, 7) is 5.05. The molecule has 1 aromatic rings. The fourth-order valence-electron chi connectivity index (χ4n) is 2.26. The lowest BCUT2D eigenvalue weighted by atomic mass is 10.1. The molecule has 0 saturated carbocycles. The number of nitrogens with two attached hydrogens (primary N) is 1. The van der Waals surface area contributed by atoms with Crippen LogP contribution in [0.5, 0.6) is 0 Å². The monoisotopic (exact) mass is 281 g/mol. The molecule has 0 aromatic heterocycles. The van der Waals surface area contributed by atoms with Gasteiger partial charge in [-0.25, -0.2) is 4.39 Å². The highest BCUT2D eigenvalue weighted by atomic mass is 19.1. The van der Waals surface area contributed by atoms with Gasteiger partial charge < -0.3 is 20.7 Å². The van der Waals surface area contributed by atoms with E-state index in [-0.39, 0.29) is 24.4 Å². The summed E-state index contributed by atoms with van der Waals surface area (Å²) in [5.74, 6) is -0.507. The molecule has 1 aromatic carbocycles. The number of nitrogen functional groups attached to an aromatic ring is 1. The van der Waals surface area contributed by atoms with E-state index in [1.807, 2.05) is 13.8 Å². The second kappa shape index (κ2) is 6.09. The summed E-state index contributed by atoms with van der Waals surface area (Å²) in [6, 6.07) is 3.72. The Morgan fingerprint density at radius 1 is 1.55 bits per heavy atom. The maximum atomic E-state index is 13.4. The summed E-state index contributed by atoms with van der Waals surface area (Å²) in [6.07, 6.45) is 0. The lowest BCUT2D eigenvalue weighted by Crippen LogP contribution is -2.55. The Balaban J connectivity index is 2.26. The molecule has 0 bridgehead atoms. The van der Waals surface area contributed by atoms with Gasteiger partial charge in [0, 0.05) is 12.6 Å². The van der Waals surface area contributed by atoms with Crippen LogP contribution in [0.15, 0.2) is 18.2 Å². The summed E-state index contributed by atoms with van der Waals surface area (Å²) in [4.78, 5) is 14.0. The van der Waals surface area contributed by atoms with Crippen LogP contribution in [0, 0.1) is 5.82 Å². The smallest absolute Gasteiger partial charge is 0.245 e. The van der Waals surface area contributed by atoms with Crippen molar-refractivity contribution >= 4 is 17.3 Å². The quantitative estimate of drug-likeness (QED) is 0.815. The van der Waals surface area contributed by atoms with Crippen LogP contribution in [-0.2, 0) is 9.53 Å². The van der Waals surface area contributed by atoms with Crippen molar-refractivity contribution < 1.29 is 13.9 Å². The number of benzene rings is 1. The number of carbonyl (C=O) groups is 1. The average Bonchev–Trinajstić information content (AvgIpc) is 2.41. The zero-order valence-electron chi connectivity index (χ0n) is 11.7. The van der Waals surface area contributed by atoms with Crippen LogP contribution in [0.4, 0.5) is 15.8 Å². The molecule has 1 fully saturated rings. The third-order valence-corrected chi connectivity index (χ3v) is 3.16. The summed E-state index contributed by atoms with van der Waals surface area (Å²) in [5, 5.41) is 2.85. The maximum absolute atomic E-state index is 13.4. The largest absolute Gasteiger partial charge is 0.397 e. The Kier molecular flexibility index (Phi) is 4.44. The van der Waals surface area contributed by atoms with Gasteiger partial charge in [0.25, 0.3) is 0 Å². The molecule has 1 aliphatic rings. The molecule has 1 atom stereocenters. The number of nitrogens with zero attached hydrogens (tertiary/aromatic N) is 1. The van der Waals surface area contributed by atoms with Gasteiger partial charge in [0.05, 0.1) is 24.6 Å². The van der Waals surface area contributed by atoms with Gasteiger partial charge in [-0.3, -0.25) is 4.79 Å². The molecule has 5 nitrogen and oxygen atoms in total. The molecule has 1 heterocycles. The molecule has 110 valence electrons. The first kappa shape index (κ1) is 14.6. The molecule has 2 rings (SSSR count). The van der Waals surface area contributed by atoms with Crippen LogP contribution in [0.25, 0.3) is 0 Å². The minimum atomic E-state index is -0.491. The third-order valence-electron chi connectivity index (χ3n) is 3.16. The van der Waals surface area contributed by atoms with Gasteiger partial charge in [-0.1, -0.05) is 0 Å². The second-order valence-corrected chi connectivity index (χ2v) is 5.15. The Bertz CT molecular complexity index is 493. The number of rotatable bonds is 3. The maximum Gasteiger partial charge on any atom is 0.245 e. The third kappa shape index (κ3) is 3.19. The molecule has 0 spiro atoms. The van der Waals surface area contributed by atoms with Crippen molar-refractivity contribution in [3.8, 4) is 0 Å². The van der Waals surface area contributed by atoms with Crippen LogP contribution in [0.3, 0.4) is 0 Å². The van der Waals surface area contributed by atoms with Crippen LogP contribution in [0.2, 0.25) is 0 Å². The van der Waals surface area contributed by atoms with E-state index in [2.05, 4.69) is 5.32 Å². The van der Waals surface area contributed by atoms with E-state index < -0.39 is 6.04 Å². The van der Waals surface area contributed by atoms with Gasteiger partial charge in [0.1, 0.15) is 11.9 Å². The molecule has 20 heavy (non-hydrogen) atoms. The molecule has 0 radical (unpaired) electrons. The van der Waals surface area contributed by atoms with E-state index >= 15 is 0 Å². The zero-order valence-corrected chi connectivity index (χ0v) is 11.7. The highest BCUT2D eigenvalue weighted by Gasteiger charge is 2.31. The fraction of sp³-hybridized carbons (Fsp3) is 0.500. The van der Waals surface area contributed by atoms with Gasteiger partial charge in [-0.05, 0) is 32.0 Å². The van der Waals surface area contributed by atoms with Gasteiger partial charge in [0.15, 0.2) is 0 Å². The minimum absolute atomic E-state index is 0.0381. The van der Waals surface area contributed by atoms with Crippen LogP contribution < -0.4 is 16.0 Å². The number of nitrogens with one attached hydrogen (secondary N) is 1. The van der Waals surface area contributed by atoms with Crippen molar-refractivity contribution in [1.82, 2.24) is 5.32 Å². The van der Waals surface area contributed by atoms with Crippen molar-refractivity contribution in [2.24, 2.45) is 0 Å². The van der Waals surface area contributed by atoms with E-state index in [0.717, 1.165) is 0 Å². The highest BCUT2D eigenvalue weighted by molar-refractivity contribution is 5.87. The lowest BCUT2D eigenvalue weighted by Gasteiger charge is -2.37. The van der Waals surface area contributed by atoms with Crippen molar-refractivity contribution in [3.63, 3.8) is 0 Å². The van der Waals surface area contributed by atoms with Gasteiger partial charge >= 0.3 is 0 Å². The van der Waals surface area contributed by atoms with Gasteiger partial charge in [-0.15, -0.1) is 0 Å². The van der Waals surface area contributed by atoms with Crippen LogP contribution in [0.1, 0.15) is 13.8 Å². The lowest BCUT2D eigenvalue weighted by molar-refractivity contribution is -0.125. The fourth-order valence-corrected chi connectivity index (χ4v) is 2.26. The first-order chi connectivity index (χ1) is 9.49. The van der Waals surface area contributed by atoms with Crippen molar-refractivity contribution in [3.05, 3.63) is 24.0 Å². The molecule has 3 N–H and O–H groups in total. The Hall–Kier alpha value is -1.82. The Labute approximate surface area is 117 Å². The number of amides is 1. The standard InChI is InChI=1S/C14H20FN3O2/c1-9(2)17-14(19)13-8-20-6-5-18(13)12-7-10(15)3-4-11(12)16/h3-4,7,9,13H,5-6,8,16H2,1-2H3,(H,17,19). The number of halogens is 1. The van der Waals surface area contributed by atoms with Crippen molar-refractivity contribution in [1.29, 1.82) is 0 Å². The van der Waals surface area contributed by atoms with E-state index in [1.54, 1.807) is 4.90 Å². The molecule has 1 amide bonds. The number of carbonyl (C=O) groups excluding carboxylic acids is 1. The first-order valence-electron chi connectivity index (χ1n) is 6.69. The minimum Gasteiger partial charge on any atom is -0.397 e. The normalized spacial score (nSPS) is 19.2. The van der Waals surface area contributed by atoms with E-state index in [9.17, 15) is 9.18 Å². The molecule has 1 aliphatic heterocycles. The predicted octanol–water partition coefficient (Wildman–Crippen LogP) is 1.14. The summed E-state index contributed by atoms with van der Waals surface area (Å²) in [5.41, 5.74) is 6.90. The first-order valence-corrected chi connectivity index (χ1v) is 6.69. The molecule has 6 heteroatoms. The van der Waals surface area contributed by atoms with E-state index in [0.29, 0.717) is 24.5 Å². The van der Waals surface area contributed by atoms with Gasteiger partial charge in [0.2, 0.25) is 5.91 Å². The van der Waals surface area contributed by atoms with Gasteiger partial charge in [-0.2, -0.15) is 0 Å². The topological polar surface area (TPSA) is 67.6 Å². The molecular formula is C14H20FN3O2. The predicted molar refractivity (Wildman–Crippen MR) is 76.0 cm³/mol. The van der Waals surface area contributed by atoms with Crippen LogP contribution in [-0.4, -0.2) is 37.7 Å². The summed E-state index contributed by atoms with van der Waals surface area (Å²) >= 11 is 0. The second-order valence-electron chi connectivity index (χ2n) is 5.15. The summed E-state index contributed by atoms with van der Waals surface area (Å²) < 4.78 is 18.8. The number of hydrogen-bond acceptors (Lipinski definition) is 4. The molecule has 0 aliphatic carbocycles. The van der Waals surface area contributed by atoms with E-state index in [1.165, 1.54) is 18.2 Å². The van der Waals surface area contributed by atoms with Crippen molar-refractivity contribution in [2.45, 2.75) is 25.9 Å². The SMILES string of the molecule is CC(C)NC(=O)C1COCCN1c1cc(F)ccc1N. The summed E-state index contributed by atoms with van der Waals surface area (Å²) in [7, 11) is 0. The highest BCUT2D eigenvalue weighted by Crippen LogP contribution is 2.27. The van der Waals surface area contributed by atoms with Crippen LogP contribution >= 0.6 is 0 Å². The number of anilines is 2. The molecule has 1 saturated heterocycles. The zero-order chi connectivity index (χ0) is 14.7. The van der Waals surface area contributed by atoms with Crippen molar-refractivity contribution in [2.75, 3.05) is 30.4 Å². The number of ether oxygens (including phenoxy) is 1. The molecule has 1 unspecified atom stereocenters.